The number of aromatic nitrogens is 3. The maximum Gasteiger partial charge on any atom is 0.346 e. The average molecular weight is 460 g/mol. The third kappa shape index (κ3) is 4.76. The van der Waals surface area contributed by atoms with E-state index in [1.165, 1.54) is 19.3 Å². The molecule has 2 fully saturated rings. The summed E-state index contributed by atoms with van der Waals surface area (Å²) in [4.78, 5) is 13.3. The van der Waals surface area contributed by atoms with E-state index in [4.69, 9.17) is 5.10 Å². The molecule has 1 aliphatic carbocycles. The molecule has 0 spiro atoms. The van der Waals surface area contributed by atoms with E-state index in [0.717, 1.165) is 47.3 Å². The number of hydrogen-bond donors (Lipinski definition) is 4. The molecule has 1 saturated carbocycles. The van der Waals surface area contributed by atoms with E-state index in [0.29, 0.717) is 6.54 Å². The quantitative estimate of drug-likeness (QED) is 0.430. The van der Waals surface area contributed by atoms with Gasteiger partial charge in [0.05, 0.1) is 12.6 Å². The molecule has 4 N–H and O–H groups in total. The highest BCUT2D eigenvalue weighted by Gasteiger charge is 2.22. The fraction of sp³-hybridized carbons (Fsp3) is 0.385. The number of benzene rings is 2. The van der Waals surface area contributed by atoms with Gasteiger partial charge in [-0.1, -0.05) is 80.8 Å². The lowest BCUT2D eigenvalue weighted by atomic mass is 9.96. The Kier molecular flexibility index (Phi) is 7.01. The van der Waals surface area contributed by atoms with Crippen LogP contribution < -0.4 is 27.6 Å². The fourth-order valence-corrected chi connectivity index (χ4v) is 4.88. The van der Waals surface area contributed by atoms with Crippen molar-refractivity contribution in [3.05, 3.63) is 82.0 Å². The molecule has 0 bridgehead atoms. The molecule has 0 amide bonds. The minimum atomic E-state index is -0.0343. The topological polar surface area (TPSA) is 87.9 Å². The summed E-state index contributed by atoms with van der Waals surface area (Å²) in [5.41, 5.74) is 16.6. The molecule has 0 unspecified atom stereocenters. The molecular formula is C26H33N7O. The van der Waals surface area contributed by atoms with Crippen LogP contribution in [0.2, 0.25) is 0 Å². The van der Waals surface area contributed by atoms with Gasteiger partial charge in [-0.25, -0.2) is 20.3 Å². The van der Waals surface area contributed by atoms with Gasteiger partial charge in [0.15, 0.2) is 5.82 Å². The van der Waals surface area contributed by atoms with Crippen LogP contribution in [0.3, 0.4) is 0 Å². The summed E-state index contributed by atoms with van der Waals surface area (Å²) in [6, 6.07) is 17.0. The Morgan fingerprint density at radius 2 is 1.74 bits per heavy atom. The average Bonchev–Trinajstić information content (AvgIpc) is 3.53. The van der Waals surface area contributed by atoms with Crippen LogP contribution in [-0.4, -0.2) is 14.3 Å². The van der Waals surface area contributed by atoms with Crippen molar-refractivity contribution in [2.45, 2.75) is 64.2 Å². The van der Waals surface area contributed by atoms with Gasteiger partial charge in [0.2, 0.25) is 0 Å². The minimum Gasteiger partial charge on any atom is -0.271 e. The van der Waals surface area contributed by atoms with Crippen molar-refractivity contribution in [1.29, 1.82) is 0 Å². The Morgan fingerprint density at radius 3 is 2.47 bits per heavy atom. The van der Waals surface area contributed by atoms with Gasteiger partial charge in [0.1, 0.15) is 6.17 Å². The summed E-state index contributed by atoms with van der Waals surface area (Å²) in [5.74, 6) is 0.741. The van der Waals surface area contributed by atoms with Gasteiger partial charge in [0.25, 0.3) is 0 Å². The first-order chi connectivity index (χ1) is 16.7. The molecule has 178 valence electrons. The van der Waals surface area contributed by atoms with Crippen molar-refractivity contribution in [3.63, 3.8) is 0 Å². The van der Waals surface area contributed by atoms with E-state index in [2.05, 4.69) is 71.3 Å². The molecule has 1 saturated heterocycles. The van der Waals surface area contributed by atoms with E-state index in [1.807, 2.05) is 22.8 Å². The maximum atomic E-state index is 13.3. The second-order valence-corrected chi connectivity index (χ2v) is 9.03. The van der Waals surface area contributed by atoms with Crippen LogP contribution in [0.1, 0.15) is 74.6 Å². The normalized spacial score (nSPS) is 17.7. The molecule has 8 heteroatoms. The van der Waals surface area contributed by atoms with Gasteiger partial charge in [-0.2, -0.15) is 11.1 Å². The summed E-state index contributed by atoms with van der Waals surface area (Å²) in [5, 5.41) is 4.74. The monoisotopic (exact) mass is 459 g/mol. The standard InChI is InChI=1S/C26H33N7O/c1-2-3-13-24-29-33(21-9-5-4-6-10-21)26(34)32(24)18-19-14-16-20(17-15-19)22-11-7-8-12-23(22)25-27-30-31-28-25/h3,7-8,11-17,21,25,27-28,30-31H,2,4-6,9-10,18H2,1H3/b13-3+. The Hall–Kier alpha value is -3.04. The lowest BCUT2D eigenvalue weighted by Gasteiger charge is -2.20. The van der Waals surface area contributed by atoms with Crippen LogP contribution in [0.25, 0.3) is 17.2 Å². The Morgan fingerprint density at radius 1 is 1.00 bits per heavy atom. The van der Waals surface area contributed by atoms with Crippen molar-refractivity contribution in [3.8, 4) is 11.1 Å². The van der Waals surface area contributed by atoms with Gasteiger partial charge in [-0.05, 0) is 47.6 Å². The van der Waals surface area contributed by atoms with Crippen LogP contribution in [-0.2, 0) is 6.54 Å². The molecule has 3 aromatic rings. The molecule has 2 aliphatic rings. The molecule has 2 heterocycles. The fourth-order valence-electron chi connectivity index (χ4n) is 4.88. The molecule has 5 rings (SSSR count). The van der Waals surface area contributed by atoms with Crippen LogP contribution in [0, 0.1) is 0 Å². The van der Waals surface area contributed by atoms with E-state index < -0.39 is 0 Å². The summed E-state index contributed by atoms with van der Waals surface area (Å²) in [6.07, 6.45) is 10.6. The second-order valence-electron chi connectivity index (χ2n) is 9.03. The highest BCUT2D eigenvalue weighted by Crippen LogP contribution is 2.29. The van der Waals surface area contributed by atoms with E-state index in [1.54, 1.807) is 4.68 Å². The molecule has 1 aliphatic heterocycles. The van der Waals surface area contributed by atoms with Crippen molar-refractivity contribution in [2.75, 3.05) is 0 Å². The lowest BCUT2D eigenvalue weighted by molar-refractivity contribution is 0.320. The van der Waals surface area contributed by atoms with Gasteiger partial charge in [0, 0.05) is 0 Å². The zero-order valence-electron chi connectivity index (χ0n) is 19.6. The van der Waals surface area contributed by atoms with E-state index >= 15 is 0 Å². The molecule has 2 aromatic carbocycles. The number of nitrogens with zero attached hydrogens (tertiary/aromatic N) is 3. The maximum absolute atomic E-state index is 13.3. The summed E-state index contributed by atoms with van der Waals surface area (Å²) < 4.78 is 3.55. The van der Waals surface area contributed by atoms with E-state index in [9.17, 15) is 4.79 Å². The highest BCUT2D eigenvalue weighted by atomic mass is 16.2. The number of rotatable bonds is 7. The summed E-state index contributed by atoms with van der Waals surface area (Å²) in [7, 11) is 0. The Bertz CT molecular complexity index is 1180. The van der Waals surface area contributed by atoms with Crippen LogP contribution >= 0.6 is 0 Å². The lowest BCUT2D eigenvalue weighted by Crippen LogP contribution is -2.33. The van der Waals surface area contributed by atoms with Gasteiger partial charge >= 0.3 is 5.69 Å². The van der Waals surface area contributed by atoms with Gasteiger partial charge < -0.3 is 0 Å². The summed E-state index contributed by atoms with van der Waals surface area (Å²) >= 11 is 0. The molecule has 34 heavy (non-hydrogen) atoms. The molecule has 8 nitrogen and oxygen atoms in total. The third-order valence-electron chi connectivity index (χ3n) is 6.71. The molecule has 0 atom stereocenters. The number of nitrogens with one attached hydrogen (secondary N) is 4. The second kappa shape index (κ2) is 10.5. The SMILES string of the molecule is CC/C=C/c1nn(C2CCCCC2)c(=O)n1Cc1ccc(-c2ccccc2C2NNNN2)cc1. The van der Waals surface area contributed by atoms with Crippen molar-refractivity contribution in [1.82, 2.24) is 36.3 Å². The summed E-state index contributed by atoms with van der Waals surface area (Å²) in [6.45, 7) is 2.60. The third-order valence-corrected chi connectivity index (χ3v) is 6.71. The smallest absolute Gasteiger partial charge is 0.271 e. The first-order valence-corrected chi connectivity index (χ1v) is 12.3. The van der Waals surface area contributed by atoms with E-state index in [-0.39, 0.29) is 17.9 Å². The zero-order valence-corrected chi connectivity index (χ0v) is 19.6. The molecule has 0 radical (unpaired) electrons. The van der Waals surface area contributed by atoms with Crippen molar-refractivity contribution in [2.24, 2.45) is 0 Å². The van der Waals surface area contributed by atoms with Gasteiger partial charge in [-0.3, -0.25) is 4.57 Å². The number of hydrogen-bond acceptors (Lipinski definition) is 6. The zero-order chi connectivity index (χ0) is 23.3. The molecule has 1 aromatic heterocycles. The molecular weight excluding hydrogens is 426 g/mol. The number of hydrazine groups is 3. The highest BCUT2D eigenvalue weighted by molar-refractivity contribution is 5.68. The number of allylic oxidation sites excluding steroid dienone is 1. The largest absolute Gasteiger partial charge is 0.346 e. The predicted octanol–water partition coefficient (Wildman–Crippen LogP) is 3.80. The first-order valence-electron chi connectivity index (χ1n) is 12.3. The van der Waals surface area contributed by atoms with Crippen LogP contribution in [0.15, 0.2) is 59.4 Å². The Labute approximate surface area is 200 Å². The van der Waals surface area contributed by atoms with Gasteiger partial charge in [-0.15, -0.1) is 5.10 Å². The minimum absolute atomic E-state index is 0.00421. The van der Waals surface area contributed by atoms with Crippen molar-refractivity contribution < 1.29 is 0 Å². The first kappa shape index (κ1) is 22.7. The van der Waals surface area contributed by atoms with Crippen LogP contribution in [0.5, 0.6) is 0 Å². The predicted molar refractivity (Wildman–Crippen MR) is 134 cm³/mol. The van der Waals surface area contributed by atoms with Crippen molar-refractivity contribution >= 4 is 6.08 Å². The Balaban J connectivity index is 1.42. The van der Waals surface area contributed by atoms with Crippen LogP contribution in [0.4, 0.5) is 0 Å².